The summed E-state index contributed by atoms with van der Waals surface area (Å²) >= 11 is 6.99. The van der Waals surface area contributed by atoms with Crippen LogP contribution >= 0.6 is 22.9 Å². The number of rotatable bonds is 4. The van der Waals surface area contributed by atoms with Crippen LogP contribution in [-0.4, -0.2) is 13.6 Å². The molecule has 0 aliphatic carbocycles. The van der Waals surface area contributed by atoms with Crippen LogP contribution in [0.5, 0.6) is 0 Å². The minimum Gasteiger partial charge on any atom is -0.211 e. The Labute approximate surface area is 99.5 Å². The first-order valence-corrected chi connectivity index (χ1v) is 7.49. The summed E-state index contributed by atoms with van der Waals surface area (Å²) in [7, 11) is -3.35. The van der Waals surface area contributed by atoms with Gasteiger partial charge in [-0.2, -0.15) is 0 Å². The lowest BCUT2D eigenvalue weighted by molar-refractivity contribution is 0.571. The van der Waals surface area contributed by atoms with Gasteiger partial charge in [-0.3, -0.25) is 0 Å². The summed E-state index contributed by atoms with van der Waals surface area (Å²) < 4.78 is 25.0. The molecule has 0 bridgehead atoms. The first-order valence-electron chi connectivity index (χ1n) is 4.48. The van der Waals surface area contributed by atoms with Crippen molar-refractivity contribution in [3.05, 3.63) is 21.4 Å². The zero-order chi connectivity index (χ0) is 11.6. The van der Waals surface area contributed by atoms with Crippen LogP contribution in [0.3, 0.4) is 0 Å². The molecule has 1 N–H and O–H groups in total. The molecule has 1 heterocycles. The lowest BCUT2D eigenvalue weighted by Crippen LogP contribution is -2.27. The highest BCUT2D eigenvalue weighted by molar-refractivity contribution is 7.90. The van der Waals surface area contributed by atoms with Crippen LogP contribution in [-0.2, 0) is 10.0 Å². The maximum Gasteiger partial charge on any atom is 0.226 e. The van der Waals surface area contributed by atoms with E-state index in [0.717, 1.165) is 10.4 Å². The molecular weight excluding hydrogens is 254 g/mol. The van der Waals surface area contributed by atoms with E-state index in [1.165, 1.54) is 4.88 Å². The lowest BCUT2D eigenvalue weighted by Gasteiger charge is -2.12. The van der Waals surface area contributed by atoms with Crippen molar-refractivity contribution in [1.29, 1.82) is 0 Å². The van der Waals surface area contributed by atoms with Crippen LogP contribution in [0.25, 0.3) is 0 Å². The molecule has 0 spiro atoms. The third-order valence-electron chi connectivity index (χ3n) is 2.05. The number of alkyl halides is 1. The van der Waals surface area contributed by atoms with Crippen molar-refractivity contribution in [1.82, 2.24) is 4.72 Å². The Hall–Kier alpha value is -0.100. The van der Waals surface area contributed by atoms with Gasteiger partial charge < -0.3 is 0 Å². The van der Waals surface area contributed by atoms with E-state index in [1.54, 1.807) is 11.3 Å². The molecule has 0 amide bonds. The second-order valence-electron chi connectivity index (χ2n) is 3.43. The molecule has 1 atom stereocenters. The molecule has 0 aliphatic heterocycles. The Morgan fingerprint density at radius 3 is 2.53 bits per heavy atom. The van der Waals surface area contributed by atoms with Crippen LogP contribution in [0.2, 0.25) is 0 Å². The summed E-state index contributed by atoms with van der Waals surface area (Å²) in [5, 5.41) is -0.403. The molecule has 1 aromatic heterocycles. The van der Waals surface area contributed by atoms with Crippen LogP contribution in [0.4, 0.5) is 0 Å². The molecule has 86 valence electrons. The molecule has 1 aromatic rings. The van der Waals surface area contributed by atoms with Crippen molar-refractivity contribution in [2.45, 2.75) is 26.8 Å². The number of sulfonamides is 1. The van der Waals surface area contributed by atoms with Crippen LogP contribution in [0.1, 0.15) is 28.3 Å². The summed E-state index contributed by atoms with van der Waals surface area (Å²) in [4.78, 5) is 2.32. The SMILES string of the molecule is Cc1cc(C(C)NS(=O)(=O)CCl)c(C)s1. The normalized spacial score (nSPS) is 14.1. The quantitative estimate of drug-likeness (QED) is 0.853. The van der Waals surface area contributed by atoms with Gasteiger partial charge in [0.1, 0.15) is 5.21 Å². The number of thiophene rings is 1. The van der Waals surface area contributed by atoms with E-state index in [-0.39, 0.29) is 6.04 Å². The van der Waals surface area contributed by atoms with Gasteiger partial charge in [-0.1, -0.05) is 0 Å². The van der Waals surface area contributed by atoms with Crippen molar-refractivity contribution < 1.29 is 8.42 Å². The van der Waals surface area contributed by atoms with Crippen molar-refractivity contribution in [2.75, 3.05) is 5.21 Å². The molecule has 1 rings (SSSR count). The van der Waals surface area contributed by atoms with Crippen molar-refractivity contribution in [3.63, 3.8) is 0 Å². The average Bonchev–Trinajstić information content (AvgIpc) is 2.45. The third-order valence-corrected chi connectivity index (χ3v) is 4.89. The van der Waals surface area contributed by atoms with Gasteiger partial charge in [0.25, 0.3) is 0 Å². The number of nitrogens with one attached hydrogen (secondary N) is 1. The zero-order valence-electron chi connectivity index (χ0n) is 8.87. The summed E-state index contributed by atoms with van der Waals surface area (Å²) in [6.07, 6.45) is 0. The van der Waals surface area contributed by atoms with Crippen LogP contribution < -0.4 is 4.72 Å². The Morgan fingerprint density at radius 1 is 1.53 bits per heavy atom. The Kier molecular flexibility index (Phi) is 4.17. The van der Waals surface area contributed by atoms with Crippen molar-refractivity contribution in [2.24, 2.45) is 0 Å². The number of aryl methyl sites for hydroxylation is 2. The molecule has 1 unspecified atom stereocenters. The van der Waals surface area contributed by atoms with Gasteiger partial charge in [-0.15, -0.1) is 22.9 Å². The first kappa shape index (κ1) is 13.0. The summed E-state index contributed by atoms with van der Waals surface area (Å²) in [6.45, 7) is 5.81. The molecule has 0 aromatic carbocycles. The molecule has 15 heavy (non-hydrogen) atoms. The molecule has 6 heteroatoms. The van der Waals surface area contributed by atoms with Gasteiger partial charge in [0.15, 0.2) is 0 Å². The predicted octanol–water partition coefficient (Wildman–Crippen LogP) is 2.54. The minimum absolute atomic E-state index is 0.223. The van der Waals surface area contributed by atoms with Gasteiger partial charge in [-0.25, -0.2) is 13.1 Å². The molecular formula is C9H14ClNO2S2. The fraction of sp³-hybridized carbons (Fsp3) is 0.556. The molecule has 3 nitrogen and oxygen atoms in total. The molecule has 0 aliphatic rings. The van der Waals surface area contributed by atoms with E-state index in [2.05, 4.69) is 4.72 Å². The Balaban J connectivity index is 2.86. The number of hydrogen-bond acceptors (Lipinski definition) is 3. The van der Waals surface area contributed by atoms with Gasteiger partial charge in [-0.05, 0) is 32.4 Å². The van der Waals surface area contributed by atoms with Crippen LogP contribution in [0, 0.1) is 13.8 Å². The maximum atomic E-state index is 11.3. The third kappa shape index (κ3) is 3.45. The van der Waals surface area contributed by atoms with E-state index < -0.39 is 15.2 Å². The highest BCUT2D eigenvalue weighted by atomic mass is 35.5. The minimum atomic E-state index is -3.35. The van der Waals surface area contributed by atoms with Gasteiger partial charge in [0, 0.05) is 15.8 Å². The standard InChI is InChI=1S/C9H14ClNO2S2/c1-6-4-9(8(3)14-6)7(2)11-15(12,13)5-10/h4,7,11H,5H2,1-3H3. The molecule has 0 saturated carbocycles. The molecule has 0 radical (unpaired) electrons. The van der Waals surface area contributed by atoms with E-state index >= 15 is 0 Å². The monoisotopic (exact) mass is 267 g/mol. The van der Waals surface area contributed by atoms with Crippen molar-refractivity contribution >= 4 is 33.0 Å². The predicted molar refractivity (Wildman–Crippen MR) is 65.0 cm³/mol. The topological polar surface area (TPSA) is 46.2 Å². The van der Waals surface area contributed by atoms with Crippen LogP contribution in [0.15, 0.2) is 6.07 Å². The van der Waals surface area contributed by atoms with Gasteiger partial charge >= 0.3 is 0 Å². The van der Waals surface area contributed by atoms with E-state index in [0.29, 0.717) is 0 Å². The van der Waals surface area contributed by atoms with E-state index in [9.17, 15) is 8.42 Å². The summed E-state index contributed by atoms with van der Waals surface area (Å²) in [5.41, 5.74) is 1.02. The smallest absolute Gasteiger partial charge is 0.211 e. The number of halogens is 1. The van der Waals surface area contributed by atoms with Gasteiger partial charge in [0.2, 0.25) is 10.0 Å². The lowest BCUT2D eigenvalue weighted by atomic mass is 10.1. The van der Waals surface area contributed by atoms with Crippen molar-refractivity contribution in [3.8, 4) is 0 Å². The largest absolute Gasteiger partial charge is 0.226 e. The van der Waals surface area contributed by atoms with E-state index in [1.807, 2.05) is 26.8 Å². The summed E-state index contributed by atoms with van der Waals surface area (Å²) in [6, 6.07) is 1.78. The highest BCUT2D eigenvalue weighted by Crippen LogP contribution is 2.26. The molecule has 0 fully saturated rings. The fourth-order valence-electron chi connectivity index (χ4n) is 1.44. The fourth-order valence-corrected chi connectivity index (χ4v) is 3.38. The summed E-state index contributed by atoms with van der Waals surface area (Å²) in [5.74, 6) is 0. The van der Waals surface area contributed by atoms with Gasteiger partial charge in [0.05, 0.1) is 0 Å². The maximum absolute atomic E-state index is 11.3. The highest BCUT2D eigenvalue weighted by Gasteiger charge is 2.17. The Morgan fingerprint density at radius 2 is 2.13 bits per heavy atom. The average molecular weight is 268 g/mol. The first-order chi connectivity index (χ1) is 6.85. The second kappa shape index (κ2) is 4.82. The second-order valence-corrected chi connectivity index (χ2v) is 7.23. The zero-order valence-corrected chi connectivity index (χ0v) is 11.3. The molecule has 0 saturated heterocycles. The Bertz CT molecular complexity index is 439. The van der Waals surface area contributed by atoms with E-state index in [4.69, 9.17) is 11.6 Å². The number of hydrogen-bond donors (Lipinski definition) is 1.